The number of carboxylic acid groups (broad SMARTS) is 1. The number of alkyl halides is 1. The molecular weight excluding hydrogens is 448 g/mol. The van der Waals surface area contributed by atoms with E-state index in [2.05, 4.69) is 5.32 Å². The molecule has 0 bridgehead atoms. The van der Waals surface area contributed by atoms with E-state index in [1.54, 1.807) is 20.8 Å². The van der Waals surface area contributed by atoms with Crippen molar-refractivity contribution in [1.29, 1.82) is 0 Å². The first-order valence-electron chi connectivity index (χ1n) is 11.4. The molecule has 1 saturated heterocycles. The normalized spacial score (nSPS) is 25.0. The number of carbonyl (C=O) groups excluding carboxylic acids is 1. The monoisotopic (exact) mass is 475 g/mol. The summed E-state index contributed by atoms with van der Waals surface area (Å²) in [6.45, 7) is 6.21. The average Bonchev–Trinajstić information content (AvgIpc) is 3.61. The molecule has 1 aromatic carbocycles. The van der Waals surface area contributed by atoms with Crippen molar-refractivity contribution < 1.29 is 28.2 Å². The highest BCUT2D eigenvalue weighted by Crippen LogP contribution is 2.54. The molecule has 2 aliphatic carbocycles. The standard InChI is InChI=1S/C24H27F2N3O5/c1-23(2,3)34-22(33)27-19-10-28(11-24(19)4-5-24)17-8-16-12(6-14(17)25)20(30)13(21(31)32)9-29(16)18-7-15(18)26/h6,8-9,15,18-19H,4-5,7,10-11H2,1-3H3,(H,27,33)(H,31,32)/t15-,18+,19+/m0/s1. The van der Waals surface area contributed by atoms with Crippen LogP contribution in [0.5, 0.6) is 0 Å². The Balaban J connectivity index is 1.50. The maximum atomic E-state index is 15.3. The molecule has 3 fully saturated rings. The van der Waals surface area contributed by atoms with E-state index in [1.807, 2.05) is 4.90 Å². The van der Waals surface area contributed by atoms with E-state index >= 15 is 4.39 Å². The Kier molecular flexibility index (Phi) is 4.93. The second kappa shape index (κ2) is 7.41. The fraction of sp³-hybridized carbons (Fsp3) is 0.542. The number of hydrogen-bond donors (Lipinski definition) is 2. The lowest BCUT2D eigenvalue weighted by molar-refractivity contribution is 0.0493. The average molecular weight is 475 g/mol. The van der Waals surface area contributed by atoms with Gasteiger partial charge in [-0.25, -0.2) is 18.4 Å². The summed E-state index contributed by atoms with van der Waals surface area (Å²) in [5.74, 6) is -2.10. The van der Waals surface area contributed by atoms with Crippen molar-refractivity contribution in [3.63, 3.8) is 0 Å². The van der Waals surface area contributed by atoms with Crippen LogP contribution in [0.15, 0.2) is 23.1 Å². The first-order chi connectivity index (χ1) is 15.9. The van der Waals surface area contributed by atoms with Crippen LogP contribution >= 0.6 is 0 Å². The van der Waals surface area contributed by atoms with Crippen molar-refractivity contribution in [2.24, 2.45) is 5.41 Å². The molecule has 2 saturated carbocycles. The van der Waals surface area contributed by atoms with E-state index in [9.17, 15) is 23.9 Å². The van der Waals surface area contributed by atoms with Crippen molar-refractivity contribution in [3.05, 3.63) is 39.9 Å². The molecule has 10 heteroatoms. The first kappa shape index (κ1) is 22.6. The predicted octanol–water partition coefficient (Wildman–Crippen LogP) is 3.62. The number of pyridine rings is 1. The van der Waals surface area contributed by atoms with Gasteiger partial charge in [-0.05, 0) is 45.7 Å². The molecule has 182 valence electrons. The molecule has 3 atom stereocenters. The Hall–Kier alpha value is -3.17. The molecule has 2 aromatic rings. The lowest BCUT2D eigenvalue weighted by atomic mass is 10.0. The number of benzene rings is 1. The number of anilines is 1. The number of carboxylic acids is 1. The number of nitrogens with one attached hydrogen (secondary N) is 1. The van der Waals surface area contributed by atoms with Crippen molar-refractivity contribution in [3.8, 4) is 0 Å². The SMILES string of the molecule is CC(C)(C)OC(=O)N[C@@H]1CN(c2cc3c(cc2F)c(=O)c(C(=O)O)cn3[C@@H]2C[C@@H]2F)CC12CC2. The number of halogens is 2. The summed E-state index contributed by atoms with van der Waals surface area (Å²) >= 11 is 0. The van der Waals surface area contributed by atoms with Gasteiger partial charge in [0.1, 0.15) is 23.2 Å². The predicted molar refractivity (Wildman–Crippen MR) is 121 cm³/mol. The molecule has 2 N–H and O–H groups in total. The largest absolute Gasteiger partial charge is 0.477 e. The minimum atomic E-state index is -1.44. The smallest absolute Gasteiger partial charge is 0.407 e. The number of aromatic carboxylic acids is 1. The summed E-state index contributed by atoms with van der Waals surface area (Å²) in [6.07, 6.45) is 1.46. The van der Waals surface area contributed by atoms with Crippen LogP contribution in [-0.2, 0) is 4.74 Å². The Morgan fingerprint density at radius 1 is 1.26 bits per heavy atom. The van der Waals surface area contributed by atoms with E-state index in [1.165, 1.54) is 10.6 Å². The highest BCUT2D eigenvalue weighted by Gasteiger charge is 2.56. The molecule has 1 spiro atoms. The van der Waals surface area contributed by atoms with Crippen LogP contribution < -0.4 is 15.6 Å². The molecule has 1 amide bonds. The summed E-state index contributed by atoms with van der Waals surface area (Å²) in [7, 11) is 0. The van der Waals surface area contributed by atoms with Gasteiger partial charge in [0.15, 0.2) is 0 Å². The maximum absolute atomic E-state index is 15.3. The fourth-order valence-electron chi connectivity index (χ4n) is 4.94. The number of rotatable bonds is 4. The third-order valence-electron chi connectivity index (χ3n) is 6.94. The number of fused-ring (bicyclic) bond motifs is 1. The molecule has 1 aliphatic heterocycles. The van der Waals surface area contributed by atoms with E-state index < -0.39 is 46.7 Å². The van der Waals surface area contributed by atoms with Gasteiger partial charge >= 0.3 is 12.1 Å². The van der Waals surface area contributed by atoms with Crippen LogP contribution in [0.3, 0.4) is 0 Å². The van der Waals surface area contributed by atoms with Gasteiger partial charge in [-0.3, -0.25) is 4.79 Å². The first-order valence-corrected chi connectivity index (χ1v) is 11.4. The van der Waals surface area contributed by atoms with Crippen LogP contribution in [0.1, 0.15) is 56.4 Å². The minimum Gasteiger partial charge on any atom is -0.477 e. The Bertz CT molecular complexity index is 1260. The zero-order valence-corrected chi connectivity index (χ0v) is 19.2. The van der Waals surface area contributed by atoms with Crippen LogP contribution in [0, 0.1) is 11.2 Å². The van der Waals surface area contributed by atoms with Crippen molar-refractivity contribution in [2.45, 2.75) is 63.9 Å². The van der Waals surface area contributed by atoms with Gasteiger partial charge in [-0.2, -0.15) is 0 Å². The van der Waals surface area contributed by atoms with E-state index in [4.69, 9.17) is 4.74 Å². The minimum absolute atomic E-state index is 0.0935. The van der Waals surface area contributed by atoms with Crippen LogP contribution in [-0.4, -0.2) is 52.6 Å². The Labute approximate surface area is 194 Å². The van der Waals surface area contributed by atoms with Gasteiger partial charge in [-0.1, -0.05) is 0 Å². The number of aromatic nitrogens is 1. The highest BCUT2D eigenvalue weighted by molar-refractivity contribution is 5.93. The van der Waals surface area contributed by atoms with Gasteiger partial charge < -0.3 is 24.6 Å². The van der Waals surface area contributed by atoms with Gasteiger partial charge in [-0.15, -0.1) is 0 Å². The van der Waals surface area contributed by atoms with Gasteiger partial charge in [0.25, 0.3) is 0 Å². The van der Waals surface area contributed by atoms with Gasteiger partial charge in [0, 0.05) is 36.5 Å². The summed E-state index contributed by atoms with van der Waals surface area (Å²) in [6, 6.07) is 1.72. The third kappa shape index (κ3) is 3.88. The Morgan fingerprint density at radius 3 is 2.50 bits per heavy atom. The molecular formula is C24H27F2N3O5. The summed E-state index contributed by atoms with van der Waals surface area (Å²) in [4.78, 5) is 38.4. The van der Waals surface area contributed by atoms with E-state index in [-0.39, 0.29) is 29.0 Å². The number of amides is 1. The van der Waals surface area contributed by atoms with Gasteiger partial charge in [0.2, 0.25) is 5.43 Å². The summed E-state index contributed by atoms with van der Waals surface area (Å²) in [5.41, 5.74) is -1.60. The van der Waals surface area contributed by atoms with Crippen molar-refractivity contribution in [1.82, 2.24) is 9.88 Å². The molecule has 1 aromatic heterocycles. The zero-order valence-electron chi connectivity index (χ0n) is 19.2. The maximum Gasteiger partial charge on any atom is 0.407 e. The Morgan fingerprint density at radius 2 is 1.94 bits per heavy atom. The van der Waals surface area contributed by atoms with Crippen molar-refractivity contribution in [2.75, 3.05) is 18.0 Å². The lowest BCUT2D eigenvalue weighted by Crippen LogP contribution is -2.44. The van der Waals surface area contributed by atoms with Gasteiger partial charge in [0.05, 0.1) is 23.3 Å². The number of alkyl carbamates (subject to hydrolysis) is 1. The highest BCUT2D eigenvalue weighted by atomic mass is 19.1. The number of hydrogen-bond acceptors (Lipinski definition) is 5. The molecule has 3 aliphatic rings. The topological polar surface area (TPSA) is 101 Å². The van der Waals surface area contributed by atoms with Crippen molar-refractivity contribution >= 4 is 28.7 Å². The van der Waals surface area contributed by atoms with E-state index in [0.29, 0.717) is 18.6 Å². The second-order valence-corrected chi connectivity index (χ2v) is 10.7. The molecule has 8 nitrogen and oxygen atoms in total. The van der Waals surface area contributed by atoms with Crippen LogP contribution in [0.4, 0.5) is 19.3 Å². The molecule has 5 rings (SSSR count). The van der Waals surface area contributed by atoms with Crippen LogP contribution in [0.2, 0.25) is 0 Å². The molecule has 0 unspecified atom stereocenters. The zero-order chi connectivity index (χ0) is 24.6. The summed E-state index contributed by atoms with van der Waals surface area (Å²) in [5, 5.41) is 12.2. The molecule has 0 radical (unpaired) electrons. The number of carbonyl (C=O) groups is 2. The lowest BCUT2D eigenvalue weighted by Gasteiger charge is -2.24. The van der Waals surface area contributed by atoms with E-state index in [0.717, 1.165) is 25.1 Å². The number of ether oxygens (including phenoxy) is 1. The number of nitrogens with zero attached hydrogens (tertiary/aromatic N) is 2. The second-order valence-electron chi connectivity index (χ2n) is 10.7. The fourth-order valence-corrected chi connectivity index (χ4v) is 4.94. The quantitative estimate of drug-likeness (QED) is 0.701. The third-order valence-corrected chi connectivity index (χ3v) is 6.94. The molecule has 34 heavy (non-hydrogen) atoms. The summed E-state index contributed by atoms with van der Waals surface area (Å²) < 4.78 is 36.0. The molecule has 2 heterocycles. The van der Waals surface area contributed by atoms with Crippen LogP contribution in [0.25, 0.3) is 10.9 Å².